The van der Waals surface area contributed by atoms with Crippen molar-refractivity contribution in [2.75, 3.05) is 21.3 Å². The molecule has 0 aromatic rings. The maximum atomic E-state index is 10.9. The quantitative estimate of drug-likeness (QED) is 0.0262. The van der Waals surface area contributed by atoms with Crippen LogP contribution in [0.4, 0.5) is 0 Å². The molecule has 372 valence electrons. The number of rotatable bonds is 45. The fourth-order valence-corrected chi connectivity index (χ4v) is 7.33. The van der Waals surface area contributed by atoms with Crippen LogP contribution in [0.3, 0.4) is 0 Å². The van der Waals surface area contributed by atoms with Crippen LogP contribution in [0.5, 0.6) is 0 Å². The third-order valence-electron chi connectivity index (χ3n) is 11.6. The summed E-state index contributed by atoms with van der Waals surface area (Å²) in [5.74, 6) is -0.268. The topological polar surface area (TPSA) is 78.9 Å². The molecule has 0 atom stereocenters. The Labute approximate surface area is 393 Å². The Morgan fingerprint density at radius 3 is 0.587 bits per heavy atom. The lowest BCUT2D eigenvalue weighted by atomic mass is 10.1. The number of hydrogen-bond acceptors (Lipinski definition) is 6. The number of hydrogen-bond donors (Lipinski definition) is 0. The second kappa shape index (κ2) is 61.7. The van der Waals surface area contributed by atoms with E-state index in [9.17, 15) is 14.4 Å². The normalized spacial score (nSPS) is 11.1. The maximum absolute atomic E-state index is 10.9. The number of carbonyl (C=O) groups is 3. The number of allylic oxidation sites excluding steroid dienone is 6. The van der Waals surface area contributed by atoms with Crippen molar-refractivity contribution in [3.05, 3.63) is 36.5 Å². The van der Waals surface area contributed by atoms with Gasteiger partial charge in [-0.15, -0.1) is 0 Å². The molecule has 0 aliphatic rings. The molecule has 0 N–H and O–H groups in total. The van der Waals surface area contributed by atoms with Crippen LogP contribution in [0.15, 0.2) is 36.5 Å². The summed E-state index contributed by atoms with van der Waals surface area (Å²) in [6.07, 6.45) is 66.0. The fraction of sp³-hybridized carbons (Fsp3) is 0.842. The van der Waals surface area contributed by atoms with Crippen molar-refractivity contribution in [2.24, 2.45) is 0 Å². The zero-order valence-corrected chi connectivity index (χ0v) is 43.1. The van der Waals surface area contributed by atoms with Crippen LogP contribution in [0, 0.1) is 0 Å². The molecule has 0 radical (unpaired) electrons. The fourth-order valence-electron chi connectivity index (χ4n) is 7.33. The Morgan fingerprint density at radius 2 is 0.413 bits per heavy atom. The number of unbranched alkanes of at least 4 members (excludes halogenated alkanes) is 33. The molecule has 0 spiro atoms. The van der Waals surface area contributed by atoms with Gasteiger partial charge in [-0.05, 0) is 96.3 Å². The van der Waals surface area contributed by atoms with Crippen molar-refractivity contribution in [3.8, 4) is 0 Å². The van der Waals surface area contributed by atoms with Crippen molar-refractivity contribution >= 4 is 17.9 Å². The Morgan fingerprint density at radius 1 is 0.254 bits per heavy atom. The van der Waals surface area contributed by atoms with Crippen LogP contribution in [-0.2, 0) is 28.6 Å². The van der Waals surface area contributed by atoms with Crippen LogP contribution >= 0.6 is 0 Å². The van der Waals surface area contributed by atoms with E-state index < -0.39 is 0 Å². The van der Waals surface area contributed by atoms with Crippen molar-refractivity contribution in [3.63, 3.8) is 0 Å². The summed E-state index contributed by atoms with van der Waals surface area (Å²) in [5.41, 5.74) is 0. The lowest BCUT2D eigenvalue weighted by molar-refractivity contribution is -0.141. The highest BCUT2D eigenvalue weighted by atomic mass is 16.5. The van der Waals surface area contributed by atoms with Crippen LogP contribution in [0.25, 0.3) is 0 Å². The second-order valence-electron chi connectivity index (χ2n) is 17.7. The Balaban J connectivity index is -0.000000866. The van der Waals surface area contributed by atoms with Gasteiger partial charge >= 0.3 is 17.9 Å². The molecule has 6 heteroatoms. The summed E-state index contributed by atoms with van der Waals surface area (Å²) in [7, 11) is 4.35. The van der Waals surface area contributed by atoms with E-state index in [0.29, 0.717) is 19.3 Å². The molecule has 0 aromatic carbocycles. The zero-order valence-electron chi connectivity index (χ0n) is 43.1. The monoisotopic (exact) mass is 889 g/mol. The van der Waals surface area contributed by atoms with Crippen LogP contribution in [0.1, 0.15) is 290 Å². The third-order valence-corrected chi connectivity index (χ3v) is 11.6. The molecule has 63 heavy (non-hydrogen) atoms. The summed E-state index contributed by atoms with van der Waals surface area (Å²) >= 11 is 0. The molecule has 6 nitrogen and oxygen atoms in total. The van der Waals surface area contributed by atoms with Crippen molar-refractivity contribution < 1.29 is 28.6 Å². The van der Waals surface area contributed by atoms with Crippen molar-refractivity contribution in [2.45, 2.75) is 290 Å². The molecule has 0 aliphatic heterocycles. The first kappa shape index (κ1) is 64.9. The molecule has 0 saturated heterocycles. The molecule has 0 fully saturated rings. The largest absolute Gasteiger partial charge is 0.469 e. The van der Waals surface area contributed by atoms with Gasteiger partial charge in [-0.1, -0.05) is 211 Å². The molecule has 0 rings (SSSR count). The standard InChI is InChI=1S/C20H36O4.C19H36O2.C18H36/c1-23-19(21)17-15-13-11-9-7-5-3-4-6-8-10-12-14-16-18-20(22)24-2;1-3-4-5-6-7-8-9-10-11-12-13-14-15-16-17-18-19(20)21-2;1-3-5-7-9-11-13-15-17-18-16-14-12-10-8-6-4-2/h3-4H,5-18H2,1-2H3;10-11H,3-9,12-18H2,1-2H3;17-18H,3-16H2,1-2H3/b4-3-;11-10-;18-17+. The smallest absolute Gasteiger partial charge is 0.305 e. The number of carbonyl (C=O) groups excluding carboxylic acids is 3. The highest BCUT2D eigenvalue weighted by molar-refractivity contribution is 5.69. The highest BCUT2D eigenvalue weighted by Gasteiger charge is 2.01. The van der Waals surface area contributed by atoms with Gasteiger partial charge in [-0.3, -0.25) is 14.4 Å². The first-order valence-electron chi connectivity index (χ1n) is 27.1. The van der Waals surface area contributed by atoms with Gasteiger partial charge in [-0.2, -0.15) is 0 Å². The molecular weight excluding hydrogens is 781 g/mol. The average Bonchev–Trinajstić information content (AvgIpc) is 3.30. The highest BCUT2D eigenvalue weighted by Crippen LogP contribution is 2.13. The van der Waals surface area contributed by atoms with E-state index in [1.165, 1.54) is 220 Å². The van der Waals surface area contributed by atoms with Crippen LogP contribution < -0.4 is 0 Å². The van der Waals surface area contributed by atoms with Gasteiger partial charge in [-0.25, -0.2) is 0 Å². The predicted molar refractivity (Wildman–Crippen MR) is 274 cm³/mol. The van der Waals surface area contributed by atoms with Gasteiger partial charge in [0.2, 0.25) is 0 Å². The molecule has 0 aliphatic carbocycles. The SMILES string of the molecule is CCCCCCCC/C=C/CCCCCCCC.CCCCCCCC/C=C\CCCCCCCC(=O)OC.COC(=O)CCCCCCC/C=C\CCCCCCCC(=O)OC. The molecule has 0 heterocycles. The van der Waals surface area contributed by atoms with E-state index in [0.717, 1.165) is 51.4 Å². The van der Waals surface area contributed by atoms with Crippen molar-refractivity contribution in [1.82, 2.24) is 0 Å². The minimum atomic E-state index is -0.0959. The molecule has 0 bridgehead atoms. The summed E-state index contributed by atoms with van der Waals surface area (Å²) in [5, 5.41) is 0. The van der Waals surface area contributed by atoms with Crippen molar-refractivity contribution in [1.29, 1.82) is 0 Å². The Kier molecular flexibility index (Phi) is 63.6. The van der Waals surface area contributed by atoms with Gasteiger partial charge < -0.3 is 14.2 Å². The first-order valence-corrected chi connectivity index (χ1v) is 27.1. The Bertz CT molecular complexity index is 935. The average molecular weight is 889 g/mol. The maximum Gasteiger partial charge on any atom is 0.305 e. The van der Waals surface area contributed by atoms with Gasteiger partial charge in [0.1, 0.15) is 0 Å². The first-order chi connectivity index (χ1) is 30.9. The molecular formula is C57H108O6. The molecule has 0 unspecified atom stereocenters. The minimum Gasteiger partial charge on any atom is -0.469 e. The third kappa shape index (κ3) is 66.4. The molecule has 0 amide bonds. The summed E-state index contributed by atoms with van der Waals surface area (Å²) in [4.78, 5) is 32.8. The van der Waals surface area contributed by atoms with E-state index in [-0.39, 0.29) is 17.9 Å². The number of ether oxygens (including phenoxy) is 3. The number of esters is 3. The summed E-state index contributed by atoms with van der Waals surface area (Å²) in [6, 6.07) is 0. The van der Waals surface area contributed by atoms with Crippen LogP contribution in [-0.4, -0.2) is 39.2 Å². The molecule has 0 saturated carbocycles. The second-order valence-corrected chi connectivity index (χ2v) is 17.7. The van der Waals surface area contributed by atoms with E-state index in [4.69, 9.17) is 0 Å². The van der Waals surface area contributed by atoms with Gasteiger partial charge in [0, 0.05) is 19.3 Å². The van der Waals surface area contributed by atoms with Crippen LogP contribution in [0.2, 0.25) is 0 Å². The minimum absolute atomic E-state index is 0.0763. The van der Waals surface area contributed by atoms with Gasteiger partial charge in [0.25, 0.3) is 0 Å². The van der Waals surface area contributed by atoms with Gasteiger partial charge in [0.15, 0.2) is 0 Å². The predicted octanol–water partition coefficient (Wildman–Crippen LogP) is 18.6. The number of methoxy groups -OCH3 is 3. The lowest BCUT2D eigenvalue weighted by Crippen LogP contribution is -1.99. The molecule has 0 aromatic heterocycles. The van der Waals surface area contributed by atoms with E-state index in [1.807, 2.05) is 0 Å². The van der Waals surface area contributed by atoms with E-state index in [2.05, 4.69) is 71.4 Å². The lowest BCUT2D eigenvalue weighted by Gasteiger charge is -2.00. The summed E-state index contributed by atoms with van der Waals surface area (Å²) < 4.78 is 13.9. The van der Waals surface area contributed by atoms with Gasteiger partial charge in [0.05, 0.1) is 21.3 Å². The van der Waals surface area contributed by atoms with E-state index >= 15 is 0 Å². The Hall–Kier alpha value is -2.37. The summed E-state index contributed by atoms with van der Waals surface area (Å²) in [6.45, 7) is 6.83. The zero-order chi connectivity index (χ0) is 46.8. The van der Waals surface area contributed by atoms with E-state index in [1.54, 1.807) is 0 Å².